The smallest absolute Gasteiger partial charge is 0.237 e. The molecule has 0 fully saturated rings. The number of nitriles is 1. The first-order valence-electron chi connectivity index (χ1n) is 8.71. The average Bonchev–Trinajstić information content (AvgIpc) is 2.61. The molecule has 5 nitrogen and oxygen atoms in total. The SMILES string of the molecule is CCc1nc(C)c(C#N)c(S[C@@H](C)C(=O)Nc2ccccc2C(C)C)n1. The Morgan fingerprint density at radius 2 is 1.96 bits per heavy atom. The van der Waals surface area contributed by atoms with Crippen LogP contribution in [0.1, 0.15) is 56.3 Å². The molecule has 1 aromatic heterocycles. The fraction of sp³-hybridized carbons (Fsp3) is 0.400. The zero-order chi connectivity index (χ0) is 19.3. The van der Waals surface area contributed by atoms with Crippen molar-refractivity contribution in [3.8, 4) is 6.07 Å². The number of hydrogen-bond acceptors (Lipinski definition) is 5. The normalized spacial score (nSPS) is 11.9. The number of thioether (sulfide) groups is 1. The average molecular weight is 369 g/mol. The summed E-state index contributed by atoms with van der Waals surface area (Å²) < 4.78 is 0. The Kier molecular flexibility index (Phi) is 6.76. The van der Waals surface area contributed by atoms with Crippen LogP contribution in [0.15, 0.2) is 29.3 Å². The van der Waals surface area contributed by atoms with Crippen molar-refractivity contribution in [2.45, 2.75) is 57.2 Å². The van der Waals surface area contributed by atoms with Crippen molar-refractivity contribution in [2.75, 3.05) is 5.32 Å². The highest BCUT2D eigenvalue weighted by Gasteiger charge is 2.20. The van der Waals surface area contributed by atoms with E-state index in [0.717, 1.165) is 11.3 Å². The molecule has 0 aliphatic rings. The lowest BCUT2D eigenvalue weighted by Gasteiger charge is -2.17. The Balaban J connectivity index is 2.21. The number of aromatic nitrogens is 2. The maximum atomic E-state index is 12.7. The number of benzene rings is 1. The number of hydrogen-bond donors (Lipinski definition) is 1. The maximum absolute atomic E-state index is 12.7. The van der Waals surface area contributed by atoms with Crippen LogP contribution in [0.25, 0.3) is 0 Å². The highest BCUT2D eigenvalue weighted by atomic mass is 32.2. The van der Waals surface area contributed by atoms with Gasteiger partial charge in [-0.05, 0) is 31.4 Å². The minimum Gasteiger partial charge on any atom is -0.325 e. The number of rotatable bonds is 6. The van der Waals surface area contributed by atoms with Gasteiger partial charge in [0.1, 0.15) is 22.5 Å². The number of aryl methyl sites for hydroxylation is 2. The van der Waals surface area contributed by atoms with E-state index in [-0.39, 0.29) is 11.2 Å². The van der Waals surface area contributed by atoms with Crippen molar-refractivity contribution < 1.29 is 4.79 Å². The second kappa shape index (κ2) is 8.81. The molecule has 0 radical (unpaired) electrons. The summed E-state index contributed by atoms with van der Waals surface area (Å²) in [6.45, 7) is 9.78. The second-order valence-corrected chi connectivity index (χ2v) is 7.69. The summed E-state index contributed by atoms with van der Waals surface area (Å²) in [5.74, 6) is 0.888. The van der Waals surface area contributed by atoms with Crippen molar-refractivity contribution in [1.29, 1.82) is 5.26 Å². The fourth-order valence-electron chi connectivity index (χ4n) is 2.54. The molecule has 1 heterocycles. The van der Waals surface area contributed by atoms with E-state index in [1.807, 2.05) is 38.1 Å². The van der Waals surface area contributed by atoms with E-state index < -0.39 is 0 Å². The van der Waals surface area contributed by atoms with Crippen molar-refractivity contribution in [3.05, 3.63) is 46.9 Å². The highest BCUT2D eigenvalue weighted by Crippen LogP contribution is 2.29. The Labute approximate surface area is 159 Å². The van der Waals surface area contributed by atoms with Crippen molar-refractivity contribution in [2.24, 2.45) is 0 Å². The van der Waals surface area contributed by atoms with Crippen LogP contribution in [0, 0.1) is 18.3 Å². The van der Waals surface area contributed by atoms with E-state index in [1.165, 1.54) is 11.8 Å². The standard InChI is InChI=1S/C20H24N4OS/c1-6-18-22-13(4)16(11-21)20(24-18)26-14(5)19(25)23-17-10-8-7-9-15(17)12(2)3/h7-10,12,14H,6H2,1-5H3,(H,23,25)/t14-/m0/s1. The van der Waals surface area contributed by atoms with Crippen molar-refractivity contribution >= 4 is 23.4 Å². The lowest BCUT2D eigenvalue weighted by Crippen LogP contribution is -2.23. The number of carbonyl (C=O) groups is 1. The number of nitrogens with zero attached hydrogens (tertiary/aromatic N) is 3. The molecule has 26 heavy (non-hydrogen) atoms. The Morgan fingerprint density at radius 3 is 2.58 bits per heavy atom. The van der Waals surface area contributed by atoms with Crippen molar-refractivity contribution in [3.63, 3.8) is 0 Å². The van der Waals surface area contributed by atoms with Gasteiger partial charge >= 0.3 is 0 Å². The molecule has 0 aliphatic heterocycles. The molecule has 1 N–H and O–H groups in total. The minimum absolute atomic E-state index is 0.110. The monoisotopic (exact) mass is 368 g/mol. The van der Waals surface area contributed by atoms with Gasteiger partial charge in [0.15, 0.2) is 0 Å². The van der Waals surface area contributed by atoms with E-state index in [0.29, 0.717) is 34.4 Å². The van der Waals surface area contributed by atoms with Crippen LogP contribution in [0.2, 0.25) is 0 Å². The van der Waals surface area contributed by atoms with Gasteiger partial charge in [0, 0.05) is 12.1 Å². The lowest BCUT2D eigenvalue weighted by molar-refractivity contribution is -0.115. The lowest BCUT2D eigenvalue weighted by atomic mass is 10.0. The van der Waals surface area contributed by atoms with Gasteiger partial charge in [-0.15, -0.1) is 0 Å². The minimum atomic E-state index is -0.388. The largest absolute Gasteiger partial charge is 0.325 e. The van der Waals surface area contributed by atoms with Gasteiger partial charge in [0.25, 0.3) is 0 Å². The van der Waals surface area contributed by atoms with Gasteiger partial charge in [0.2, 0.25) is 5.91 Å². The predicted molar refractivity (Wildman–Crippen MR) is 105 cm³/mol. The summed E-state index contributed by atoms with van der Waals surface area (Å²) in [4.78, 5) is 21.4. The molecule has 136 valence electrons. The number of amides is 1. The molecule has 0 saturated carbocycles. The molecule has 2 aromatic rings. The number of anilines is 1. The first kappa shape index (κ1) is 19.9. The van der Waals surface area contributed by atoms with Gasteiger partial charge in [-0.2, -0.15) is 5.26 Å². The van der Waals surface area contributed by atoms with Gasteiger partial charge < -0.3 is 5.32 Å². The molecule has 0 spiro atoms. The molecule has 6 heteroatoms. The molecule has 1 atom stereocenters. The topological polar surface area (TPSA) is 78.7 Å². The molecule has 0 saturated heterocycles. The molecule has 0 unspecified atom stereocenters. The van der Waals surface area contributed by atoms with Gasteiger partial charge in [0.05, 0.1) is 10.9 Å². The maximum Gasteiger partial charge on any atom is 0.237 e. The third kappa shape index (κ3) is 4.61. The molecule has 1 amide bonds. The van der Waals surface area contributed by atoms with E-state index >= 15 is 0 Å². The Hall–Kier alpha value is -2.39. The number of carbonyl (C=O) groups excluding carboxylic acids is 1. The molecular weight excluding hydrogens is 344 g/mol. The van der Waals surface area contributed by atoms with Crippen LogP contribution in [0.5, 0.6) is 0 Å². The zero-order valence-corrected chi connectivity index (χ0v) is 16.6. The zero-order valence-electron chi connectivity index (χ0n) is 15.8. The summed E-state index contributed by atoms with van der Waals surface area (Å²) in [5, 5.41) is 12.6. The second-order valence-electron chi connectivity index (χ2n) is 6.36. The summed E-state index contributed by atoms with van der Waals surface area (Å²) in [6.07, 6.45) is 0.683. The highest BCUT2D eigenvalue weighted by molar-refractivity contribution is 8.00. The third-order valence-electron chi connectivity index (χ3n) is 4.03. The van der Waals surface area contributed by atoms with Gasteiger partial charge in [-0.3, -0.25) is 4.79 Å². The number of para-hydroxylation sites is 1. The van der Waals surface area contributed by atoms with E-state index in [9.17, 15) is 10.1 Å². The van der Waals surface area contributed by atoms with Crippen molar-refractivity contribution in [1.82, 2.24) is 9.97 Å². The molecule has 0 aliphatic carbocycles. The summed E-state index contributed by atoms with van der Waals surface area (Å²) in [5.41, 5.74) is 3.02. The molecular formula is C20H24N4OS. The van der Waals surface area contributed by atoms with Crippen LogP contribution in [-0.4, -0.2) is 21.1 Å². The summed E-state index contributed by atoms with van der Waals surface area (Å²) in [6, 6.07) is 9.97. The molecule has 2 rings (SSSR count). The Morgan fingerprint density at radius 1 is 1.27 bits per heavy atom. The first-order chi connectivity index (χ1) is 12.4. The third-order valence-corrected chi connectivity index (χ3v) is 5.12. The van der Waals surface area contributed by atoms with Crippen LogP contribution in [0.4, 0.5) is 5.69 Å². The van der Waals surface area contributed by atoms with Crippen LogP contribution < -0.4 is 5.32 Å². The van der Waals surface area contributed by atoms with Gasteiger partial charge in [-0.25, -0.2) is 9.97 Å². The van der Waals surface area contributed by atoms with E-state index in [1.54, 1.807) is 6.92 Å². The van der Waals surface area contributed by atoms with E-state index in [2.05, 4.69) is 35.2 Å². The summed E-state index contributed by atoms with van der Waals surface area (Å²) in [7, 11) is 0. The molecule has 1 aromatic carbocycles. The van der Waals surface area contributed by atoms with Crippen LogP contribution in [-0.2, 0) is 11.2 Å². The fourth-order valence-corrected chi connectivity index (χ4v) is 3.51. The quantitative estimate of drug-likeness (QED) is 0.601. The van der Waals surface area contributed by atoms with Crippen LogP contribution >= 0.6 is 11.8 Å². The van der Waals surface area contributed by atoms with Crippen LogP contribution in [0.3, 0.4) is 0 Å². The Bertz CT molecular complexity index is 842. The summed E-state index contributed by atoms with van der Waals surface area (Å²) >= 11 is 1.29. The molecule has 0 bridgehead atoms. The van der Waals surface area contributed by atoms with E-state index in [4.69, 9.17) is 0 Å². The number of nitrogens with one attached hydrogen (secondary N) is 1. The predicted octanol–water partition coefficient (Wildman–Crippen LogP) is 4.46. The van der Waals surface area contributed by atoms with Gasteiger partial charge in [-0.1, -0.05) is 50.7 Å². The first-order valence-corrected chi connectivity index (χ1v) is 9.59.